The molecule has 94 valence electrons. The van der Waals surface area contributed by atoms with Crippen LogP contribution in [-0.4, -0.2) is 34.1 Å². The molecule has 0 bridgehead atoms. The van der Waals surface area contributed by atoms with Gasteiger partial charge in [0, 0.05) is 13.0 Å². The Hall–Kier alpha value is -0.570. The van der Waals surface area contributed by atoms with Crippen LogP contribution in [0, 0.1) is 5.41 Å². The Kier molecular flexibility index (Phi) is 3.68. The van der Waals surface area contributed by atoms with Gasteiger partial charge in [-0.25, -0.2) is 0 Å². The molecule has 1 heterocycles. The van der Waals surface area contributed by atoms with E-state index in [1.807, 2.05) is 18.7 Å². The van der Waals surface area contributed by atoms with Crippen LogP contribution in [0.2, 0.25) is 0 Å². The normalized spacial score (nSPS) is 25.6. The van der Waals surface area contributed by atoms with Crippen LogP contribution in [0.1, 0.15) is 53.9 Å². The zero-order valence-electron chi connectivity index (χ0n) is 11.2. The van der Waals surface area contributed by atoms with Crippen molar-refractivity contribution in [2.75, 3.05) is 6.54 Å². The summed E-state index contributed by atoms with van der Waals surface area (Å²) in [7, 11) is 0. The molecule has 3 nitrogen and oxygen atoms in total. The van der Waals surface area contributed by atoms with Gasteiger partial charge in [0.2, 0.25) is 5.91 Å². The lowest BCUT2D eigenvalue weighted by Gasteiger charge is -2.46. The number of likely N-dealkylation sites (tertiary alicyclic amines) is 1. The molecule has 1 saturated heterocycles. The highest BCUT2D eigenvalue weighted by molar-refractivity contribution is 5.77. The molecule has 0 saturated carbocycles. The fourth-order valence-electron chi connectivity index (χ4n) is 2.26. The van der Waals surface area contributed by atoms with Crippen molar-refractivity contribution < 1.29 is 9.90 Å². The molecule has 1 fully saturated rings. The van der Waals surface area contributed by atoms with Crippen molar-refractivity contribution in [1.29, 1.82) is 0 Å². The number of rotatable bonds is 1. The Labute approximate surface area is 98.8 Å². The zero-order valence-corrected chi connectivity index (χ0v) is 11.2. The van der Waals surface area contributed by atoms with Gasteiger partial charge in [0.15, 0.2) is 0 Å². The summed E-state index contributed by atoms with van der Waals surface area (Å²) >= 11 is 0. The van der Waals surface area contributed by atoms with Crippen molar-refractivity contribution in [3.8, 4) is 0 Å². The fraction of sp³-hybridized carbons (Fsp3) is 0.923. The molecule has 1 atom stereocenters. The second-order valence-electron chi connectivity index (χ2n) is 6.59. The molecular weight excluding hydrogens is 202 g/mol. The molecular formula is C13H25NO2. The lowest BCUT2D eigenvalue weighted by atomic mass is 9.85. The van der Waals surface area contributed by atoms with E-state index in [4.69, 9.17) is 0 Å². The fourth-order valence-corrected chi connectivity index (χ4v) is 2.26. The molecule has 1 rings (SSSR count). The first-order chi connectivity index (χ1) is 7.14. The van der Waals surface area contributed by atoms with Gasteiger partial charge in [-0.1, -0.05) is 20.8 Å². The minimum absolute atomic E-state index is 0.00949. The van der Waals surface area contributed by atoms with Gasteiger partial charge in [-0.05, 0) is 32.1 Å². The van der Waals surface area contributed by atoms with Crippen LogP contribution in [0.3, 0.4) is 0 Å². The molecule has 0 radical (unpaired) electrons. The van der Waals surface area contributed by atoms with Crippen molar-refractivity contribution in [1.82, 2.24) is 4.90 Å². The monoisotopic (exact) mass is 227 g/mol. The molecule has 0 aromatic heterocycles. The van der Waals surface area contributed by atoms with E-state index in [0.717, 1.165) is 19.4 Å². The SMILES string of the molecule is CC(C)(C)CC(=O)N1CCCC(O)C1(C)C. The minimum Gasteiger partial charge on any atom is -0.391 e. The molecule has 0 aromatic carbocycles. The highest BCUT2D eigenvalue weighted by Crippen LogP contribution is 2.30. The maximum Gasteiger partial charge on any atom is 0.223 e. The van der Waals surface area contributed by atoms with Crippen molar-refractivity contribution in [3.05, 3.63) is 0 Å². The van der Waals surface area contributed by atoms with Crippen molar-refractivity contribution >= 4 is 5.91 Å². The summed E-state index contributed by atoms with van der Waals surface area (Å²) < 4.78 is 0. The van der Waals surface area contributed by atoms with Gasteiger partial charge < -0.3 is 10.0 Å². The largest absolute Gasteiger partial charge is 0.391 e. The predicted octanol–water partition coefficient (Wildman–Crippen LogP) is 2.18. The molecule has 16 heavy (non-hydrogen) atoms. The summed E-state index contributed by atoms with van der Waals surface area (Å²) in [6.07, 6.45) is 1.85. The van der Waals surface area contributed by atoms with Crippen LogP contribution >= 0.6 is 0 Å². The van der Waals surface area contributed by atoms with Crippen molar-refractivity contribution in [2.45, 2.75) is 65.5 Å². The molecule has 1 N–H and O–H groups in total. The Balaban J connectivity index is 2.75. The zero-order chi connectivity index (χ0) is 12.6. The standard InChI is InChI=1S/C13H25NO2/c1-12(2,3)9-11(16)14-8-6-7-10(15)13(14,4)5/h10,15H,6-9H2,1-5H3. The van der Waals surface area contributed by atoms with E-state index in [2.05, 4.69) is 20.8 Å². The molecule has 0 aromatic rings. The van der Waals surface area contributed by atoms with Crippen molar-refractivity contribution in [2.24, 2.45) is 5.41 Å². The number of aliphatic hydroxyl groups is 1. The number of carbonyl (C=O) groups is 1. The Morgan fingerprint density at radius 2 is 2.00 bits per heavy atom. The van der Waals surface area contributed by atoms with Crippen LogP contribution in [-0.2, 0) is 4.79 Å². The van der Waals surface area contributed by atoms with E-state index in [9.17, 15) is 9.90 Å². The molecule has 1 aliphatic rings. The van der Waals surface area contributed by atoms with Crippen LogP contribution in [0.4, 0.5) is 0 Å². The lowest BCUT2D eigenvalue weighted by Crippen LogP contribution is -2.58. The average molecular weight is 227 g/mol. The second kappa shape index (κ2) is 4.36. The smallest absolute Gasteiger partial charge is 0.223 e. The Morgan fingerprint density at radius 3 is 2.50 bits per heavy atom. The van der Waals surface area contributed by atoms with E-state index in [1.54, 1.807) is 0 Å². The van der Waals surface area contributed by atoms with Gasteiger partial charge in [-0.2, -0.15) is 0 Å². The van der Waals surface area contributed by atoms with E-state index < -0.39 is 11.6 Å². The number of carbonyl (C=O) groups excluding carboxylic acids is 1. The minimum atomic E-state index is -0.416. The van der Waals surface area contributed by atoms with E-state index >= 15 is 0 Å². The third kappa shape index (κ3) is 2.97. The van der Waals surface area contributed by atoms with Crippen LogP contribution in [0.5, 0.6) is 0 Å². The molecule has 3 heteroatoms. The van der Waals surface area contributed by atoms with Gasteiger partial charge in [-0.3, -0.25) is 4.79 Å². The number of piperidine rings is 1. The van der Waals surface area contributed by atoms with Crippen LogP contribution in [0.25, 0.3) is 0 Å². The first-order valence-corrected chi connectivity index (χ1v) is 6.13. The molecule has 1 aliphatic heterocycles. The van der Waals surface area contributed by atoms with E-state index in [-0.39, 0.29) is 11.3 Å². The van der Waals surface area contributed by atoms with Gasteiger partial charge in [-0.15, -0.1) is 0 Å². The summed E-state index contributed by atoms with van der Waals surface area (Å²) in [6, 6.07) is 0. The summed E-state index contributed by atoms with van der Waals surface area (Å²) in [6.45, 7) is 10.9. The highest BCUT2D eigenvalue weighted by Gasteiger charge is 2.40. The molecule has 1 amide bonds. The summed E-state index contributed by atoms with van der Waals surface area (Å²) in [5.41, 5.74) is -0.407. The predicted molar refractivity (Wildman–Crippen MR) is 65.1 cm³/mol. The third-order valence-electron chi connectivity index (χ3n) is 3.35. The lowest BCUT2D eigenvalue weighted by molar-refractivity contribution is -0.147. The maximum absolute atomic E-state index is 12.2. The highest BCUT2D eigenvalue weighted by atomic mass is 16.3. The second-order valence-corrected chi connectivity index (χ2v) is 6.59. The van der Waals surface area contributed by atoms with Crippen LogP contribution in [0.15, 0.2) is 0 Å². The Morgan fingerprint density at radius 1 is 1.44 bits per heavy atom. The first kappa shape index (κ1) is 13.5. The summed E-state index contributed by atoms with van der Waals surface area (Å²) in [4.78, 5) is 14.0. The van der Waals surface area contributed by atoms with E-state index in [1.165, 1.54) is 0 Å². The average Bonchev–Trinajstić information content (AvgIpc) is 2.06. The summed E-state index contributed by atoms with van der Waals surface area (Å²) in [5.74, 6) is 0.163. The molecule has 0 spiro atoms. The molecule has 1 unspecified atom stereocenters. The number of nitrogens with zero attached hydrogens (tertiary/aromatic N) is 1. The summed E-state index contributed by atoms with van der Waals surface area (Å²) in [5, 5.41) is 9.96. The number of aliphatic hydroxyl groups excluding tert-OH is 1. The van der Waals surface area contributed by atoms with Gasteiger partial charge in [0.1, 0.15) is 0 Å². The number of amides is 1. The first-order valence-electron chi connectivity index (χ1n) is 6.13. The third-order valence-corrected chi connectivity index (χ3v) is 3.35. The maximum atomic E-state index is 12.2. The van der Waals surface area contributed by atoms with Gasteiger partial charge >= 0.3 is 0 Å². The Bertz CT molecular complexity index is 266. The van der Waals surface area contributed by atoms with Crippen molar-refractivity contribution in [3.63, 3.8) is 0 Å². The number of hydrogen-bond acceptors (Lipinski definition) is 2. The van der Waals surface area contributed by atoms with Gasteiger partial charge in [0.05, 0.1) is 11.6 Å². The van der Waals surface area contributed by atoms with Crippen LogP contribution < -0.4 is 0 Å². The topological polar surface area (TPSA) is 40.5 Å². The van der Waals surface area contributed by atoms with E-state index in [0.29, 0.717) is 6.42 Å². The number of hydrogen-bond donors (Lipinski definition) is 1. The quantitative estimate of drug-likeness (QED) is 0.746. The van der Waals surface area contributed by atoms with Gasteiger partial charge in [0.25, 0.3) is 0 Å². The molecule has 0 aliphatic carbocycles.